The summed E-state index contributed by atoms with van der Waals surface area (Å²) in [7, 11) is 0. The second-order valence-electron chi connectivity index (χ2n) is 6.49. The quantitative estimate of drug-likeness (QED) is 0.580. The second kappa shape index (κ2) is 9.54. The minimum Gasteiger partial charge on any atom is -0.494 e. The molecule has 1 aromatic heterocycles. The van der Waals surface area contributed by atoms with Crippen molar-refractivity contribution in [2.24, 2.45) is 0 Å². The van der Waals surface area contributed by atoms with Crippen LogP contribution in [0, 0.1) is 0 Å². The molecule has 1 heterocycles. The number of anilines is 3. The van der Waals surface area contributed by atoms with E-state index in [0.717, 1.165) is 17.2 Å². The zero-order chi connectivity index (χ0) is 20.6. The molecule has 1 amide bonds. The molecule has 0 aliphatic carbocycles. The van der Waals surface area contributed by atoms with Crippen LogP contribution in [0.1, 0.15) is 31.3 Å². The average Bonchev–Trinajstić information content (AvgIpc) is 2.71. The third kappa shape index (κ3) is 5.93. The van der Waals surface area contributed by atoms with Crippen molar-refractivity contribution in [3.05, 3.63) is 66.5 Å². The van der Waals surface area contributed by atoms with Crippen molar-refractivity contribution in [3.8, 4) is 11.5 Å². The summed E-state index contributed by atoms with van der Waals surface area (Å²) in [5, 5.41) is 5.91. The largest absolute Gasteiger partial charge is 0.494 e. The molecule has 0 fully saturated rings. The Morgan fingerprint density at radius 3 is 2.28 bits per heavy atom. The number of nitrogens with one attached hydrogen (secondary N) is 2. The van der Waals surface area contributed by atoms with Crippen molar-refractivity contribution in [1.82, 2.24) is 9.97 Å². The Morgan fingerprint density at radius 1 is 0.966 bits per heavy atom. The SMILES string of the molecule is CCOc1ccc(NC(=O)c2ccnc(Nc3ccc(OC(C)C)cc3)n2)cc1. The van der Waals surface area contributed by atoms with Crippen molar-refractivity contribution in [3.63, 3.8) is 0 Å². The topological polar surface area (TPSA) is 85.4 Å². The van der Waals surface area contributed by atoms with Gasteiger partial charge in [-0.2, -0.15) is 0 Å². The highest BCUT2D eigenvalue weighted by Crippen LogP contribution is 2.20. The first kappa shape index (κ1) is 20.1. The van der Waals surface area contributed by atoms with Gasteiger partial charge in [0.25, 0.3) is 5.91 Å². The molecule has 0 radical (unpaired) electrons. The lowest BCUT2D eigenvalue weighted by Gasteiger charge is -2.11. The minimum atomic E-state index is -0.319. The van der Waals surface area contributed by atoms with Gasteiger partial charge < -0.3 is 20.1 Å². The van der Waals surface area contributed by atoms with Crippen LogP contribution in [0.4, 0.5) is 17.3 Å². The Balaban J connectivity index is 1.64. The number of carbonyl (C=O) groups is 1. The molecule has 0 bridgehead atoms. The highest BCUT2D eigenvalue weighted by atomic mass is 16.5. The maximum Gasteiger partial charge on any atom is 0.274 e. The van der Waals surface area contributed by atoms with E-state index in [2.05, 4.69) is 20.6 Å². The molecule has 7 heteroatoms. The molecule has 0 unspecified atom stereocenters. The molecule has 0 aliphatic rings. The van der Waals surface area contributed by atoms with Crippen LogP contribution in [0.3, 0.4) is 0 Å². The lowest BCUT2D eigenvalue weighted by Crippen LogP contribution is -2.14. The van der Waals surface area contributed by atoms with Gasteiger partial charge in [0.05, 0.1) is 12.7 Å². The van der Waals surface area contributed by atoms with Gasteiger partial charge in [0, 0.05) is 17.6 Å². The number of benzene rings is 2. The van der Waals surface area contributed by atoms with E-state index in [1.54, 1.807) is 36.5 Å². The zero-order valence-corrected chi connectivity index (χ0v) is 16.7. The number of nitrogens with zero attached hydrogens (tertiary/aromatic N) is 2. The molecule has 7 nitrogen and oxygen atoms in total. The summed E-state index contributed by atoms with van der Waals surface area (Å²) in [5.41, 5.74) is 1.72. The van der Waals surface area contributed by atoms with E-state index < -0.39 is 0 Å². The third-order valence-electron chi connectivity index (χ3n) is 3.79. The smallest absolute Gasteiger partial charge is 0.274 e. The molecular weight excluding hydrogens is 368 g/mol. The second-order valence-corrected chi connectivity index (χ2v) is 6.49. The van der Waals surface area contributed by atoms with Crippen molar-refractivity contribution < 1.29 is 14.3 Å². The van der Waals surface area contributed by atoms with Crippen LogP contribution in [-0.2, 0) is 0 Å². The Kier molecular flexibility index (Phi) is 6.63. The monoisotopic (exact) mass is 392 g/mol. The van der Waals surface area contributed by atoms with Crippen LogP contribution >= 0.6 is 0 Å². The summed E-state index contributed by atoms with van der Waals surface area (Å²) < 4.78 is 11.0. The number of carbonyl (C=O) groups excluding carboxylic acids is 1. The molecule has 0 atom stereocenters. The standard InChI is InChI=1S/C22H24N4O3/c1-4-28-18-9-5-16(6-10-18)24-21(27)20-13-14-23-22(26-20)25-17-7-11-19(12-8-17)29-15(2)3/h5-15H,4H2,1-3H3,(H,24,27)(H,23,25,26). The van der Waals surface area contributed by atoms with E-state index in [-0.39, 0.29) is 17.7 Å². The van der Waals surface area contributed by atoms with Crippen LogP contribution < -0.4 is 20.1 Å². The fourth-order valence-electron chi connectivity index (χ4n) is 2.56. The summed E-state index contributed by atoms with van der Waals surface area (Å²) >= 11 is 0. The Hall–Kier alpha value is -3.61. The molecule has 3 aromatic rings. The van der Waals surface area contributed by atoms with Crippen molar-refractivity contribution >= 4 is 23.2 Å². The molecule has 150 valence electrons. The van der Waals surface area contributed by atoms with Crippen LogP contribution in [0.25, 0.3) is 0 Å². The van der Waals surface area contributed by atoms with E-state index in [1.807, 2.05) is 45.0 Å². The van der Waals surface area contributed by atoms with Crippen LogP contribution in [0.2, 0.25) is 0 Å². The fraction of sp³-hybridized carbons (Fsp3) is 0.227. The summed E-state index contributed by atoms with van der Waals surface area (Å²) in [6, 6.07) is 16.2. The Labute approximate surface area is 170 Å². The highest BCUT2D eigenvalue weighted by Gasteiger charge is 2.10. The number of rotatable bonds is 8. The molecule has 2 aromatic carbocycles. The van der Waals surface area contributed by atoms with E-state index in [4.69, 9.17) is 9.47 Å². The van der Waals surface area contributed by atoms with E-state index >= 15 is 0 Å². The predicted octanol–water partition coefficient (Wildman–Crippen LogP) is 4.66. The number of ether oxygens (including phenoxy) is 2. The Morgan fingerprint density at radius 2 is 1.62 bits per heavy atom. The number of aromatic nitrogens is 2. The first-order valence-electron chi connectivity index (χ1n) is 9.44. The van der Waals surface area contributed by atoms with Gasteiger partial charge in [-0.05, 0) is 75.4 Å². The summed E-state index contributed by atoms with van der Waals surface area (Å²) in [5.74, 6) is 1.56. The number of hydrogen-bond donors (Lipinski definition) is 2. The lowest BCUT2D eigenvalue weighted by molar-refractivity contribution is 0.102. The van der Waals surface area contributed by atoms with Gasteiger partial charge in [0.1, 0.15) is 17.2 Å². The molecule has 0 spiro atoms. The summed E-state index contributed by atoms with van der Waals surface area (Å²) in [4.78, 5) is 21.0. The maximum atomic E-state index is 12.5. The fourth-order valence-corrected chi connectivity index (χ4v) is 2.56. The minimum absolute atomic E-state index is 0.114. The molecular formula is C22H24N4O3. The summed E-state index contributed by atoms with van der Waals surface area (Å²) in [6.07, 6.45) is 1.65. The number of hydrogen-bond acceptors (Lipinski definition) is 6. The van der Waals surface area contributed by atoms with Gasteiger partial charge in [-0.25, -0.2) is 9.97 Å². The predicted molar refractivity (Wildman–Crippen MR) is 113 cm³/mol. The van der Waals surface area contributed by atoms with Crippen molar-refractivity contribution in [2.45, 2.75) is 26.9 Å². The molecule has 0 aliphatic heterocycles. The molecule has 3 rings (SSSR count). The van der Waals surface area contributed by atoms with E-state index in [0.29, 0.717) is 18.2 Å². The van der Waals surface area contributed by atoms with Gasteiger partial charge in [-0.1, -0.05) is 0 Å². The highest BCUT2D eigenvalue weighted by molar-refractivity contribution is 6.03. The van der Waals surface area contributed by atoms with Crippen molar-refractivity contribution in [1.29, 1.82) is 0 Å². The van der Waals surface area contributed by atoms with Gasteiger partial charge in [-0.3, -0.25) is 4.79 Å². The summed E-state index contributed by atoms with van der Waals surface area (Å²) in [6.45, 7) is 6.47. The Bertz CT molecular complexity index is 941. The van der Waals surface area contributed by atoms with E-state index in [9.17, 15) is 4.79 Å². The molecule has 2 N–H and O–H groups in total. The first-order valence-corrected chi connectivity index (χ1v) is 9.44. The maximum absolute atomic E-state index is 12.5. The lowest BCUT2D eigenvalue weighted by atomic mass is 10.3. The first-order chi connectivity index (χ1) is 14.0. The number of amides is 1. The van der Waals surface area contributed by atoms with Crippen LogP contribution in [-0.4, -0.2) is 28.6 Å². The van der Waals surface area contributed by atoms with Gasteiger partial charge in [0.2, 0.25) is 5.95 Å². The third-order valence-corrected chi connectivity index (χ3v) is 3.79. The van der Waals surface area contributed by atoms with Crippen molar-refractivity contribution in [2.75, 3.05) is 17.2 Å². The van der Waals surface area contributed by atoms with Gasteiger partial charge in [0.15, 0.2) is 0 Å². The average molecular weight is 392 g/mol. The molecule has 29 heavy (non-hydrogen) atoms. The van der Waals surface area contributed by atoms with Crippen LogP contribution in [0.15, 0.2) is 60.8 Å². The van der Waals surface area contributed by atoms with Gasteiger partial charge in [-0.15, -0.1) is 0 Å². The van der Waals surface area contributed by atoms with Crippen LogP contribution in [0.5, 0.6) is 11.5 Å². The normalized spacial score (nSPS) is 10.5. The zero-order valence-electron chi connectivity index (χ0n) is 16.7. The van der Waals surface area contributed by atoms with Gasteiger partial charge >= 0.3 is 0 Å². The molecule has 0 saturated carbocycles. The molecule has 0 saturated heterocycles. The van der Waals surface area contributed by atoms with E-state index in [1.165, 1.54) is 0 Å².